The molecule has 1 aliphatic carbocycles. The molecule has 0 radical (unpaired) electrons. The van der Waals surface area contributed by atoms with Gasteiger partial charge in [-0.1, -0.05) is 19.8 Å². The van der Waals surface area contributed by atoms with Crippen molar-refractivity contribution in [2.24, 2.45) is 0 Å². The second kappa shape index (κ2) is 5.71. The van der Waals surface area contributed by atoms with Crippen molar-refractivity contribution < 1.29 is 4.74 Å². The summed E-state index contributed by atoms with van der Waals surface area (Å²) < 4.78 is 5.95. The molecule has 0 bridgehead atoms. The van der Waals surface area contributed by atoms with Gasteiger partial charge in [0.25, 0.3) is 0 Å². The summed E-state index contributed by atoms with van der Waals surface area (Å²) in [5.41, 5.74) is 0.429. The lowest BCUT2D eigenvalue weighted by Crippen LogP contribution is -2.66. The summed E-state index contributed by atoms with van der Waals surface area (Å²) in [6.45, 7) is 8.12. The maximum Gasteiger partial charge on any atom is 0.0728 e. The zero-order valence-corrected chi connectivity index (χ0v) is 12.7. The van der Waals surface area contributed by atoms with Crippen molar-refractivity contribution in [2.75, 3.05) is 19.7 Å². The van der Waals surface area contributed by atoms with Gasteiger partial charge in [-0.2, -0.15) is 0 Å². The molecule has 1 N–H and O–H groups in total. The molecule has 3 heteroatoms. The van der Waals surface area contributed by atoms with Crippen molar-refractivity contribution in [3.05, 3.63) is 0 Å². The van der Waals surface area contributed by atoms with E-state index in [-0.39, 0.29) is 0 Å². The lowest BCUT2D eigenvalue weighted by Gasteiger charge is -2.49. The van der Waals surface area contributed by atoms with E-state index in [2.05, 4.69) is 24.1 Å². The van der Waals surface area contributed by atoms with Gasteiger partial charge in [-0.15, -0.1) is 0 Å². The van der Waals surface area contributed by atoms with Crippen molar-refractivity contribution in [1.82, 2.24) is 10.2 Å². The van der Waals surface area contributed by atoms with Gasteiger partial charge in [0, 0.05) is 37.3 Å². The van der Waals surface area contributed by atoms with E-state index < -0.39 is 0 Å². The molecule has 19 heavy (non-hydrogen) atoms. The molecule has 2 saturated heterocycles. The summed E-state index contributed by atoms with van der Waals surface area (Å²) in [6.07, 6.45) is 9.80. The maximum absolute atomic E-state index is 5.95. The van der Waals surface area contributed by atoms with Gasteiger partial charge in [0.05, 0.1) is 6.10 Å². The molecule has 3 unspecified atom stereocenters. The standard InChI is InChI=1S/C16H30N2O/c1-3-14-11-17-16(8-4-5-9-16)12-18(14)13(2)15-7-6-10-19-15/h13-15,17H,3-12H2,1-2H3. The monoisotopic (exact) mass is 266 g/mol. The third-order valence-corrected chi connectivity index (χ3v) is 5.72. The molecule has 3 nitrogen and oxygen atoms in total. The number of piperazine rings is 1. The van der Waals surface area contributed by atoms with E-state index in [0.29, 0.717) is 23.7 Å². The molecular formula is C16H30N2O. The van der Waals surface area contributed by atoms with Gasteiger partial charge in [-0.3, -0.25) is 4.90 Å². The number of nitrogens with one attached hydrogen (secondary N) is 1. The second-order valence-corrected chi connectivity index (χ2v) is 6.89. The van der Waals surface area contributed by atoms with Crippen LogP contribution in [0.15, 0.2) is 0 Å². The highest BCUT2D eigenvalue weighted by molar-refractivity contribution is 5.02. The second-order valence-electron chi connectivity index (χ2n) is 6.89. The smallest absolute Gasteiger partial charge is 0.0728 e. The summed E-state index contributed by atoms with van der Waals surface area (Å²) in [6, 6.07) is 1.29. The molecule has 0 aromatic rings. The van der Waals surface area contributed by atoms with Crippen LogP contribution >= 0.6 is 0 Å². The van der Waals surface area contributed by atoms with Crippen LogP contribution in [-0.2, 0) is 4.74 Å². The highest BCUT2D eigenvalue weighted by Crippen LogP contribution is 2.35. The summed E-state index contributed by atoms with van der Waals surface area (Å²) in [7, 11) is 0. The molecule has 3 fully saturated rings. The Labute approximate surface area is 118 Å². The minimum absolute atomic E-state index is 0.429. The Morgan fingerprint density at radius 3 is 2.74 bits per heavy atom. The average Bonchev–Trinajstić information content (AvgIpc) is 3.10. The molecule has 3 aliphatic rings. The van der Waals surface area contributed by atoms with Gasteiger partial charge in [-0.05, 0) is 39.0 Å². The molecule has 2 aliphatic heterocycles. The maximum atomic E-state index is 5.95. The van der Waals surface area contributed by atoms with E-state index in [9.17, 15) is 0 Å². The van der Waals surface area contributed by atoms with E-state index in [0.717, 1.165) is 6.61 Å². The van der Waals surface area contributed by atoms with E-state index in [4.69, 9.17) is 4.74 Å². The average molecular weight is 266 g/mol. The molecule has 3 rings (SSSR count). The van der Waals surface area contributed by atoms with Crippen molar-refractivity contribution in [2.45, 2.75) is 82.5 Å². The van der Waals surface area contributed by atoms with E-state index in [1.54, 1.807) is 0 Å². The predicted octanol–water partition coefficient (Wildman–Crippen LogP) is 2.55. The van der Waals surface area contributed by atoms with Crippen molar-refractivity contribution in [3.63, 3.8) is 0 Å². The van der Waals surface area contributed by atoms with E-state index in [1.165, 1.54) is 58.0 Å². The van der Waals surface area contributed by atoms with Crippen LogP contribution in [0, 0.1) is 0 Å². The number of hydrogen-bond acceptors (Lipinski definition) is 3. The van der Waals surface area contributed by atoms with Gasteiger partial charge in [0.2, 0.25) is 0 Å². The van der Waals surface area contributed by atoms with Gasteiger partial charge in [0.15, 0.2) is 0 Å². The van der Waals surface area contributed by atoms with Crippen LogP contribution in [0.25, 0.3) is 0 Å². The van der Waals surface area contributed by atoms with Gasteiger partial charge >= 0.3 is 0 Å². The third kappa shape index (κ3) is 2.70. The quantitative estimate of drug-likeness (QED) is 0.849. The number of rotatable bonds is 3. The zero-order valence-electron chi connectivity index (χ0n) is 12.7. The van der Waals surface area contributed by atoms with Crippen LogP contribution in [-0.4, -0.2) is 48.3 Å². The van der Waals surface area contributed by atoms with Crippen molar-refractivity contribution in [3.8, 4) is 0 Å². The predicted molar refractivity (Wildman–Crippen MR) is 78.4 cm³/mol. The highest BCUT2D eigenvalue weighted by atomic mass is 16.5. The number of hydrogen-bond donors (Lipinski definition) is 1. The van der Waals surface area contributed by atoms with Crippen LogP contribution in [0.5, 0.6) is 0 Å². The van der Waals surface area contributed by atoms with Crippen LogP contribution in [0.1, 0.15) is 58.8 Å². The first kappa shape index (κ1) is 13.8. The molecule has 110 valence electrons. The van der Waals surface area contributed by atoms with Crippen LogP contribution in [0.2, 0.25) is 0 Å². The number of ether oxygens (including phenoxy) is 1. The highest BCUT2D eigenvalue weighted by Gasteiger charge is 2.43. The Kier molecular flexibility index (Phi) is 4.16. The largest absolute Gasteiger partial charge is 0.377 e. The van der Waals surface area contributed by atoms with Crippen LogP contribution in [0.3, 0.4) is 0 Å². The molecule has 0 aromatic carbocycles. The summed E-state index contributed by atoms with van der Waals surface area (Å²) in [4.78, 5) is 2.78. The first-order valence-electron chi connectivity index (χ1n) is 8.36. The lowest BCUT2D eigenvalue weighted by molar-refractivity contribution is -0.0212. The first-order valence-corrected chi connectivity index (χ1v) is 8.36. The molecule has 3 atom stereocenters. The van der Waals surface area contributed by atoms with Crippen LogP contribution < -0.4 is 5.32 Å². The Morgan fingerprint density at radius 1 is 1.32 bits per heavy atom. The lowest BCUT2D eigenvalue weighted by atomic mass is 9.89. The van der Waals surface area contributed by atoms with E-state index >= 15 is 0 Å². The Balaban J connectivity index is 1.70. The molecule has 0 amide bonds. The SMILES string of the molecule is CCC1CNC2(CCCC2)CN1C(C)C1CCCO1. The topological polar surface area (TPSA) is 24.5 Å². The Hall–Kier alpha value is -0.120. The van der Waals surface area contributed by atoms with Crippen LogP contribution in [0.4, 0.5) is 0 Å². The third-order valence-electron chi connectivity index (χ3n) is 5.72. The van der Waals surface area contributed by atoms with Crippen molar-refractivity contribution in [1.29, 1.82) is 0 Å². The minimum Gasteiger partial charge on any atom is -0.377 e. The summed E-state index contributed by atoms with van der Waals surface area (Å²) in [5, 5.41) is 3.89. The van der Waals surface area contributed by atoms with E-state index in [1.807, 2.05) is 0 Å². The summed E-state index contributed by atoms with van der Waals surface area (Å²) >= 11 is 0. The Morgan fingerprint density at radius 2 is 2.11 bits per heavy atom. The molecule has 1 saturated carbocycles. The van der Waals surface area contributed by atoms with Gasteiger partial charge in [0.1, 0.15) is 0 Å². The molecule has 0 aromatic heterocycles. The summed E-state index contributed by atoms with van der Waals surface area (Å²) in [5.74, 6) is 0. The Bertz CT molecular complexity index is 295. The molecular weight excluding hydrogens is 236 g/mol. The first-order chi connectivity index (χ1) is 9.24. The fourth-order valence-electron chi connectivity index (χ4n) is 4.42. The zero-order chi connectivity index (χ0) is 13.3. The molecule has 1 spiro atoms. The minimum atomic E-state index is 0.429. The fourth-order valence-corrected chi connectivity index (χ4v) is 4.42. The number of nitrogens with zero attached hydrogens (tertiary/aromatic N) is 1. The van der Waals surface area contributed by atoms with Crippen molar-refractivity contribution >= 4 is 0 Å². The van der Waals surface area contributed by atoms with Gasteiger partial charge in [-0.25, -0.2) is 0 Å². The molecule has 2 heterocycles. The normalized spacial score (nSPS) is 36.9. The fraction of sp³-hybridized carbons (Fsp3) is 1.00. The van der Waals surface area contributed by atoms with Gasteiger partial charge < -0.3 is 10.1 Å².